The fraction of sp³-hybridized carbons (Fsp3) is 0.250. The molecule has 1 N–H and O–H groups in total. The second-order valence-corrected chi connectivity index (χ2v) is 6.21. The van der Waals surface area contributed by atoms with Crippen molar-refractivity contribution in [3.05, 3.63) is 63.5 Å². The maximum Gasteiger partial charge on any atom is 0.123 e. The van der Waals surface area contributed by atoms with Crippen molar-refractivity contribution in [3.63, 3.8) is 0 Å². The summed E-state index contributed by atoms with van der Waals surface area (Å²) in [6.45, 7) is 0. The highest BCUT2D eigenvalue weighted by atomic mass is 127. The quantitative estimate of drug-likeness (QED) is 0.770. The monoisotopic (exact) mass is 367 g/mol. The molecule has 1 fully saturated rings. The molecule has 1 aliphatic carbocycles. The molecule has 0 saturated heterocycles. The minimum Gasteiger partial charge on any atom is -0.381 e. The number of benzene rings is 2. The summed E-state index contributed by atoms with van der Waals surface area (Å²) in [5, 5.41) is 3.56. The third kappa shape index (κ3) is 2.91. The van der Waals surface area contributed by atoms with Crippen molar-refractivity contribution in [1.82, 2.24) is 0 Å². The van der Waals surface area contributed by atoms with Crippen LogP contribution in [0.2, 0.25) is 0 Å². The molecular weight excluding hydrogens is 352 g/mol. The van der Waals surface area contributed by atoms with Crippen LogP contribution in [0.1, 0.15) is 24.3 Å². The molecule has 0 unspecified atom stereocenters. The van der Waals surface area contributed by atoms with Crippen molar-refractivity contribution >= 4 is 28.3 Å². The molecule has 0 atom stereocenters. The molecule has 0 aliphatic heterocycles. The van der Waals surface area contributed by atoms with Gasteiger partial charge in [-0.25, -0.2) is 4.39 Å². The number of hydrogen-bond acceptors (Lipinski definition) is 1. The van der Waals surface area contributed by atoms with Crippen LogP contribution in [0, 0.1) is 9.39 Å². The Morgan fingerprint density at radius 1 is 1.05 bits per heavy atom. The Labute approximate surface area is 126 Å². The van der Waals surface area contributed by atoms with E-state index in [1.54, 1.807) is 12.1 Å². The van der Waals surface area contributed by atoms with E-state index >= 15 is 0 Å². The first-order valence-electron chi connectivity index (χ1n) is 6.49. The average Bonchev–Trinajstić information content (AvgIpc) is 2.35. The van der Waals surface area contributed by atoms with Crippen LogP contribution in [-0.4, -0.2) is 6.04 Å². The normalized spacial score (nSPS) is 21.8. The molecule has 1 aliphatic rings. The van der Waals surface area contributed by atoms with Gasteiger partial charge in [0.2, 0.25) is 0 Å². The maximum absolute atomic E-state index is 13.2. The zero-order valence-electron chi connectivity index (χ0n) is 10.4. The van der Waals surface area contributed by atoms with E-state index in [4.69, 9.17) is 0 Å². The van der Waals surface area contributed by atoms with Crippen LogP contribution in [0.3, 0.4) is 0 Å². The summed E-state index contributed by atoms with van der Waals surface area (Å²) in [4.78, 5) is 0. The summed E-state index contributed by atoms with van der Waals surface area (Å²) in [6.07, 6.45) is 2.16. The van der Waals surface area contributed by atoms with Gasteiger partial charge in [0.25, 0.3) is 0 Å². The first-order valence-corrected chi connectivity index (χ1v) is 7.57. The minimum absolute atomic E-state index is 0.133. The highest BCUT2D eigenvalue weighted by Gasteiger charge is 2.30. The van der Waals surface area contributed by atoms with Gasteiger partial charge in [0.1, 0.15) is 5.82 Å². The van der Waals surface area contributed by atoms with Crippen LogP contribution < -0.4 is 5.32 Å². The molecule has 1 saturated carbocycles. The van der Waals surface area contributed by atoms with Crippen LogP contribution >= 0.6 is 22.6 Å². The summed E-state index contributed by atoms with van der Waals surface area (Å²) < 4.78 is 14.4. The standard InChI is InChI=1S/C16H15FIN/c17-13-5-3-4-11(8-13)12-9-14(10-12)19-16-7-2-1-6-15(16)18/h1-8,12,14,19H,9-10H2. The second kappa shape index (κ2) is 5.49. The molecular formula is C16H15FIN. The van der Waals surface area contributed by atoms with E-state index in [0.29, 0.717) is 12.0 Å². The van der Waals surface area contributed by atoms with E-state index in [0.717, 1.165) is 18.4 Å². The van der Waals surface area contributed by atoms with Gasteiger partial charge in [-0.1, -0.05) is 24.3 Å². The van der Waals surface area contributed by atoms with Gasteiger partial charge in [0.15, 0.2) is 0 Å². The molecule has 3 heteroatoms. The Bertz CT molecular complexity index is 578. The SMILES string of the molecule is Fc1cccc(C2CC(Nc3ccccc3I)C2)c1. The summed E-state index contributed by atoms with van der Waals surface area (Å²) in [7, 11) is 0. The summed E-state index contributed by atoms with van der Waals surface area (Å²) >= 11 is 2.34. The third-order valence-electron chi connectivity index (χ3n) is 3.69. The molecule has 0 heterocycles. The van der Waals surface area contributed by atoms with Crippen molar-refractivity contribution in [2.45, 2.75) is 24.8 Å². The predicted molar refractivity (Wildman–Crippen MR) is 84.9 cm³/mol. The highest BCUT2D eigenvalue weighted by molar-refractivity contribution is 14.1. The molecule has 0 spiro atoms. The number of nitrogens with one attached hydrogen (secondary N) is 1. The Hall–Kier alpha value is -1.10. The highest BCUT2D eigenvalue weighted by Crippen LogP contribution is 2.39. The van der Waals surface area contributed by atoms with E-state index in [1.165, 1.54) is 15.3 Å². The fourth-order valence-corrected chi connectivity index (χ4v) is 3.11. The Morgan fingerprint density at radius 2 is 1.84 bits per heavy atom. The van der Waals surface area contributed by atoms with Gasteiger partial charge in [-0.15, -0.1) is 0 Å². The van der Waals surface area contributed by atoms with Crippen molar-refractivity contribution in [3.8, 4) is 0 Å². The Morgan fingerprint density at radius 3 is 2.58 bits per heavy atom. The molecule has 0 aromatic heterocycles. The average molecular weight is 367 g/mol. The van der Waals surface area contributed by atoms with Gasteiger partial charge in [-0.2, -0.15) is 0 Å². The number of rotatable bonds is 3. The number of halogens is 2. The summed E-state index contributed by atoms with van der Waals surface area (Å²) in [5.41, 5.74) is 2.33. The lowest BCUT2D eigenvalue weighted by Gasteiger charge is -2.37. The molecule has 0 amide bonds. The molecule has 0 radical (unpaired) electrons. The van der Waals surface area contributed by atoms with Crippen LogP contribution in [-0.2, 0) is 0 Å². The Kier molecular flexibility index (Phi) is 3.73. The van der Waals surface area contributed by atoms with Crippen molar-refractivity contribution in [1.29, 1.82) is 0 Å². The number of anilines is 1. The molecule has 3 rings (SSSR count). The minimum atomic E-state index is -0.133. The molecule has 2 aromatic rings. The van der Waals surface area contributed by atoms with Crippen molar-refractivity contribution in [2.75, 3.05) is 5.32 Å². The first-order chi connectivity index (χ1) is 9.22. The zero-order valence-corrected chi connectivity index (χ0v) is 12.6. The van der Waals surface area contributed by atoms with Crippen molar-refractivity contribution in [2.24, 2.45) is 0 Å². The maximum atomic E-state index is 13.2. The van der Waals surface area contributed by atoms with E-state index in [1.807, 2.05) is 18.2 Å². The van der Waals surface area contributed by atoms with Crippen LogP contribution in [0.15, 0.2) is 48.5 Å². The van der Waals surface area contributed by atoms with Crippen LogP contribution in [0.5, 0.6) is 0 Å². The van der Waals surface area contributed by atoms with Crippen LogP contribution in [0.4, 0.5) is 10.1 Å². The molecule has 2 aromatic carbocycles. The summed E-state index contributed by atoms with van der Waals surface area (Å²) in [6, 6.07) is 15.8. The largest absolute Gasteiger partial charge is 0.381 e. The second-order valence-electron chi connectivity index (χ2n) is 5.04. The van der Waals surface area contributed by atoms with Crippen molar-refractivity contribution < 1.29 is 4.39 Å². The van der Waals surface area contributed by atoms with Gasteiger partial charge < -0.3 is 5.32 Å². The third-order valence-corrected chi connectivity index (χ3v) is 4.63. The van der Waals surface area contributed by atoms with Gasteiger partial charge in [-0.3, -0.25) is 0 Å². The molecule has 1 nitrogen and oxygen atoms in total. The Balaban J connectivity index is 1.60. The van der Waals surface area contributed by atoms with E-state index < -0.39 is 0 Å². The number of hydrogen-bond donors (Lipinski definition) is 1. The van der Waals surface area contributed by atoms with E-state index in [2.05, 4.69) is 40.0 Å². The smallest absolute Gasteiger partial charge is 0.123 e. The topological polar surface area (TPSA) is 12.0 Å². The molecule has 98 valence electrons. The summed E-state index contributed by atoms with van der Waals surface area (Å²) in [5.74, 6) is 0.362. The fourth-order valence-electron chi connectivity index (χ4n) is 2.57. The van der Waals surface area contributed by atoms with Gasteiger partial charge in [0.05, 0.1) is 0 Å². The molecule has 0 bridgehead atoms. The number of para-hydroxylation sites is 1. The van der Waals surface area contributed by atoms with Gasteiger partial charge in [0, 0.05) is 15.3 Å². The predicted octanol–water partition coefficient (Wildman–Crippen LogP) is 4.79. The zero-order chi connectivity index (χ0) is 13.2. The lowest BCUT2D eigenvalue weighted by atomic mass is 9.76. The van der Waals surface area contributed by atoms with E-state index in [-0.39, 0.29) is 5.82 Å². The lowest BCUT2D eigenvalue weighted by Crippen LogP contribution is -2.34. The van der Waals surface area contributed by atoms with Gasteiger partial charge in [-0.05, 0) is 71.2 Å². The molecule has 19 heavy (non-hydrogen) atoms. The van der Waals surface area contributed by atoms with Gasteiger partial charge >= 0.3 is 0 Å². The van der Waals surface area contributed by atoms with E-state index in [9.17, 15) is 4.39 Å². The first kappa shape index (κ1) is 12.9. The lowest BCUT2D eigenvalue weighted by molar-refractivity contribution is 0.373. The van der Waals surface area contributed by atoms with Crippen LogP contribution in [0.25, 0.3) is 0 Å².